The van der Waals surface area contributed by atoms with Crippen LogP contribution < -0.4 is 0 Å². The van der Waals surface area contributed by atoms with Gasteiger partial charge >= 0.3 is 0 Å². The number of Topliss-reactive ketones (excluding diaryl/α,β-unsaturated/α-hetero) is 1. The number of rotatable bonds is 2. The first-order valence-corrected chi connectivity index (χ1v) is 5.63. The molecule has 0 N–H and O–H groups in total. The first-order chi connectivity index (χ1) is 7.20. The lowest BCUT2D eigenvalue weighted by Crippen LogP contribution is -2.03. The molecule has 78 valence electrons. The lowest BCUT2D eigenvalue weighted by Gasteiger charge is -2.06. The molecule has 0 aliphatic heterocycles. The van der Waals surface area contributed by atoms with Gasteiger partial charge in [-0.25, -0.2) is 0 Å². The van der Waals surface area contributed by atoms with E-state index in [2.05, 4.69) is 0 Å². The van der Waals surface area contributed by atoms with Crippen LogP contribution in [-0.4, -0.2) is 5.78 Å². The van der Waals surface area contributed by atoms with E-state index in [9.17, 15) is 4.79 Å². The Balaban J connectivity index is 2.41. The molecule has 2 rings (SSSR count). The van der Waals surface area contributed by atoms with Crippen LogP contribution in [-0.2, 0) is 0 Å². The van der Waals surface area contributed by atoms with Gasteiger partial charge in [0.1, 0.15) is 0 Å². The monoisotopic (exact) mass is 240 g/mol. The van der Waals surface area contributed by atoms with Crippen molar-refractivity contribution in [1.82, 2.24) is 0 Å². The molecule has 0 saturated heterocycles. The number of carbonyl (C=O) groups is 1. The molecule has 0 fully saturated rings. The van der Waals surface area contributed by atoms with Crippen molar-refractivity contribution in [3.05, 3.63) is 45.5 Å². The lowest BCUT2D eigenvalue weighted by atomic mass is 10.0. The van der Waals surface area contributed by atoms with Gasteiger partial charge in [0.25, 0.3) is 0 Å². The highest BCUT2D eigenvalue weighted by Gasteiger charge is 2.20. The molecule has 0 aromatic heterocycles. The van der Waals surface area contributed by atoms with Crippen molar-refractivity contribution in [2.45, 2.75) is 19.3 Å². The fourth-order valence-corrected chi connectivity index (χ4v) is 2.32. The standard InChI is InChI=1S/C12H10Cl2O/c13-9-6-3-7-10(14)11(9)12(15)8-4-1-2-5-8/h3-4,6-7H,1-2,5H2. The summed E-state index contributed by atoms with van der Waals surface area (Å²) in [6.45, 7) is 0. The largest absolute Gasteiger partial charge is 0.289 e. The van der Waals surface area contributed by atoms with E-state index in [0.717, 1.165) is 24.8 Å². The number of hydrogen-bond acceptors (Lipinski definition) is 1. The molecule has 0 unspecified atom stereocenters. The summed E-state index contributed by atoms with van der Waals surface area (Å²) in [4.78, 5) is 12.1. The highest BCUT2D eigenvalue weighted by molar-refractivity contribution is 6.41. The zero-order valence-electron chi connectivity index (χ0n) is 8.09. The Labute approximate surface area is 98.7 Å². The van der Waals surface area contributed by atoms with Crippen molar-refractivity contribution in [2.75, 3.05) is 0 Å². The SMILES string of the molecule is O=C(C1=CCCC1)c1c(Cl)cccc1Cl. The second-order valence-corrected chi connectivity index (χ2v) is 4.36. The van der Waals surface area contributed by atoms with Gasteiger partial charge in [-0.1, -0.05) is 35.3 Å². The van der Waals surface area contributed by atoms with Crippen LogP contribution in [0.25, 0.3) is 0 Å². The highest BCUT2D eigenvalue weighted by Crippen LogP contribution is 2.30. The van der Waals surface area contributed by atoms with E-state index >= 15 is 0 Å². The molecule has 1 aliphatic carbocycles. The normalized spacial score (nSPS) is 15.2. The molecule has 0 bridgehead atoms. The second kappa shape index (κ2) is 4.38. The van der Waals surface area contributed by atoms with E-state index in [0.29, 0.717) is 15.6 Å². The van der Waals surface area contributed by atoms with Crippen LogP contribution in [0, 0.1) is 0 Å². The number of halogens is 2. The van der Waals surface area contributed by atoms with Gasteiger partial charge in [0.2, 0.25) is 0 Å². The van der Waals surface area contributed by atoms with E-state index < -0.39 is 0 Å². The Morgan fingerprint density at radius 3 is 2.40 bits per heavy atom. The third-order valence-corrected chi connectivity index (χ3v) is 3.15. The van der Waals surface area contributed by atoms with Crippen LogP contribution in [0.5, 0.6) is 0 Å². The molecule has 0 spiro atoms. The van der Waals surface area contributed by atoms with Gasteiger partial charge in [0.15, 0.2) is 5.78 Å². The molecular formula is C12H10Cl2O. The van der Waals surface area contributed by atoms with Crippen molar-refractivity contribution in [3.63, 3.8) is 0 Å². The number of ketones is 1. The second-order valence-electron chi connectivity index (χ2n) is 3.55. The van der Waals surface area contributed by atoms with Crippen LogP contribution in [0.4, 0.5) is 0 Å². The third kappa shape index (κ3) is 2.09. The first-order valence-electron chi connectivity index (χ1n) is 4.88. The van der Waals surface area contributed by atoms with Gasteiger partial charge < -0.3 is 0 Å². The van der Waals surface area contributed by atoms with E-state index in [4.69, 9.17) is 23.2 Å². The zero-order valence-corrected chi connectivity index (χ0v) is 9.61. The Bertz CT molecular complexity index is 415. The quantitative estimate of drug-likeness (QED) is 0.706. The summed E-state index contributed by atoms with van der Waals surface area (Å²) in [7, 11) is 0. The summed E-state index contributed by atoms with van der Waals surface area (Å²) in [5.74, 6) is -0.0249. The van der Waals surface area contributed by atoms with Crippen LogP contribution in [0.15, 0.2) is 29.8 Å². The summed E-state index contributed by atoms with van der Waals surface area (Å²) >= 11 is 11.9. The molecule has 15 heavy (non-hydrogen) atoms. The predicted molar refractivity (Wildman–Crippen MR) is 62.7 cm³/mol. The average molecular weight is 241 g/mol. The van der Waals surface area contributed by atoms with Crippen molar-refractivity contribution in [1.29, 1.82) is 0 Å². The van der Waals surface area contributed by atoms with Crippen molar-refractivity contribution in [2.24, 2.45) is 0 Å². The molecule has 1 aromatic carbocycles. The van der Waals surface area contributed by atoms with Crippen molar-refractivity contribution in [3.8, 4) is 0 Å². The fourth-order valence-electron chi connectivity index (χ4n) is 1.75. The molecule has 1 aliphatic rings. The smallest absolute Gasteiger partial charge is 0.191 e. The Kier molecular flexibility index (Phi) is 3.13. The zero-order chi connectivity index (χ0) is 10.8. The van der Waals surface area contributed by atoms with Crippen LogP contribution >= 0.6 is 23.2 Å². The molecule has 0 heterocycles. The summed E-state index contributed by atoms with van der Waals surface area (Å²) in [6, 6.07) is 5.12. The van der Waals surface area contributed by atoms with E-state index in [1.54, 1.807) is 18.2 Å². The number of benzene rings is 1. The first kappa shape index (κ1) is 10.7. The van der Waals surface area contributed by atoms with Crippen LogP contribution in [0.1, 0.15) is 29.6 Å². The van der Waals surface area contributed by atoms with Crippen LogP contribution in [0.2, 0.25) is 10.0 Å². The molecule has 3 heteroatoms. The topological polar surface area (TPSA) is 17.1 Å². The Morgan fingerprint density at radius 1 is 1.20 bits per heavy atom. The Hall–Kier alpha value is -0.790. The van der Waals surface area contributed by atoms with Gasteiger partial charge in [-0.3, -0.25) is 4.79 Å². The van der Waals surface area contributed by atoms with Crippen molar-refractivity contribution >= 4 is 29.0 Å². The maximum absolute atomic E-state index is 12.1. The average Bonchev–Trinajstić information content (AvgIpc) is 2.69. The maximum Gasteiger partial charge on any atom is 0.191 e. The van der Waals surface area contributed by atoms with Gasteiger partial charge in [-0.05, 0) is 37.0 Å². The number of allylic oxidation sites excluding steroid dienone is 2. The predicted octanol–water partition coefficient (Wildman–Crippen LogP) is 4.29. The van der Waals surface area contributed by atoms with Gasteiger partial charge in [-0.2, -0.15) is 0 Å². The number of hydrogen-bond donors (Lipinski definition) is 0. The minimum Gasteiger partial charge on any atom is -0.289 e. The molecule has 1 nitrogen and oxygen atoms in total. The van der Waals surface area contributed by atoms with Crippen LogP contribution in [0.3, 0.4) is 0 Å². The summed E-state index contributed by atoms with van der Waals surface area (Å²) in [5.41, 5.74) is 1.28. The van der Waals surface area contributed by atoms with Gasteiger partial charge in [0.05, 0.1) is 15.6 Å². The lowest BCUT2D eigenvalue weighted by molar-refractivity contribution is 0.103. The number of carbonyl (C=O) groups excluding carboxylic acids is 1. The van der Waals surface area contributed by atoms with E-state index in [1.807, 2.05) is 6.08 Å². The summed E-state index contributed by atoms with van der Waals surface area (Å²) < 4.78 is 0. The van der Waals surface area contributed by atoms with E-state index in [-0.39, 0.29) is 5.78 Å². The van der Waals surface area contributed by atoms with E-state index in [1.165, 1.54) is 0 Å². The molecule has 0 radical (unpaired) electrons. The molecular weight excluding hydrogens is 231 g/mol. The van der Waals surface area contributed by atoms with Crippen molar-refractivity contribution < 1.29 is 4.79 Å². The third-order valence-electron chi connectivity index (χ3n) is 2.52. The highest BCUT2D eigenvalue weighted by atomic mass is 35.5. The molecule has 0 saturated carbocycles. The van der Waals surface area contributed by atoms with Gasteiger partial charge in [0, 0.05) is 0 Å². The summed E-state index contributed by atoms with van der Waals surface area (Å²) in [6.07, 6.45) is 4.83. The molecule has 1 aromatic rings. The molecule has 0 atom stereocenters. The Morgan fingerprint density at radius 2 is 1.87 bits per heavy atom. The summed E-state index contributed by atoms with van der Waals surface area (Å²) in [5, 5.41) is 0.862. The fraction of sp³-hybridized carbons (Fsp3) is 0.250. The maximum atomic E-state index is 12.1. The minimum atomic E-state index is -0.0249. The minimum absolute atomic E-state index is 0.0249. The molecule has 0 amide bonds. The van der Waals surface area contributed by atoms with Gasteiger partial charge in [-0.15, -0.1) is 0 Å².